The third kappa shape index (κ3) is 3.59. The SMILES string of the molecule is COc1cccc(Nc2cc(N3CCC4(CC3)OCCO4)nc(C)n2)c1. The molecule has 2 aliphatic rings. The third-order valence-corrected chi connectivity index (χ3v) is 4.83. The highest BCUT2D eigenvalue weighted by molar-refractivity contribution is 5.61. The molecule has 4 rings (SSSR count). The Kier molecular flexibility index (Phi) is 4.65. The standard InChI is InChI=1S/C19H24N4O3/c1-14-20-17(22-15-4-3-5-16(12-15)24-2)13-18(21-14)23-8-6-19(7-9-23)25-10-11-26-19/h3-5,12-13H,6-11H2,1-2H3,(H,20,21,22). The minimum Gasteiger partial charge on any atom is -0.497 e. The molecule has 0 radical (unpaired) electrons. The lowest BCUT2D eigenvalue weighted by atomic mass is 10.0. The van der Waals surface area contributed by atoms with Gasteiger partial charge < -0.3 is 24.4 Å². The zero-order valence-corrected chi connectivity index (χ0v) is 15.2. The van der Waals surface area contributed by atoms with Crippen molar-refractivity contribution in [3.05, 3.63) is 36.2 Å². The Balaban J connectivity index is 1.49. The molecule has 0 atom stereocenters. The van der Waals surface area contributed by atoms with E-state index in [4.69, 9.17) is 14.2 Å². The predicted octanol–water partition coefficient (Wildman–Crippen LogP) is 2.88. The molecule has 7 nitrogen and oxygen atoms in total. The fourth-order valence-electron chi connectivity index (χ4n) is 3.49. The highest BCUT2D eigenvalue weighted by Crippen LogP contribution is 2.33. The van der Waals surface area contributed by atoms with E-state index in [0.29, 0.717) is 13.2 Å². The molecule has 3 heterocycles. The molecule has 0 unspecified atom stereocenters. The maximum Gasteiger partial charge on any atom is 0.171 e. The number of hydrogen-bond donors (Lipinski definition) is 1. The first kappa shape index (κ1) is 17.1. The molecular weight excluding hydrogens is 332 g/mol. The predicted molar refractivity (Wildman–Crippen MR) is 99.1 cm³/mol. The van der Waals surface area contributed by atoms with Gasteiger partial charge in [0.1, 0.15) is 23.2 Å². The van der Waals surface area contributed by atoms with Crippen LogP contribution in [0.1, 0.15) is 18.7 Å². The fraction of sp³-hybridized carbons (Fsp3) is 0.474. The van der Waals surface area contributed by atoms with E-state index in [0.717, 1.165) is 54.8 Å². The van der Waals surface area contributed by atoms with Crippen molar-refractivity contribution in [1.29, 1.82) is 0 Å². The molecule has 2 aliphatic heterocycles. The Morgan fingerprint density at radius 3 is 2.62 bits per heavy atom. The first-order valence-electron chi connectivity index (χ1n) is 8.95. The highest BCUT2D eigenvalue weighted by atomic mass is 16.7. The van der Waals surface area contributed by atoms with Crippen LogP contribution < -0.4 is 15.0 Å². The molecule has 26 heavy (non-hydrogen) atoms. The molecule has 1 N–H and O–H groups in total. The Labute approximate surface area is 153 Å². The van der Waals surface area contributed by atoms with Crippen LogP contribution in [0, 0.1) is 6.92 Å². The second-order valence-electron chi connectivity index (χ2n) is 6.61. The molecule has 2 saturated heterocycles. The summed E-state index contributed by atoms with van der Waals surface area (Å²) in [5.41, 5.74) is 0.929. The quantitative estimate of drug-likeness (QED) is 0.903. The van der Waals surface area contributed by atoms with E-state index in [1.807, 2.05) is 37.3 Å². The largest absolute Gasteiger partial charge is 0.497 e. The molecule has 7 heteroatoms. The fourth-order valence-corrected chi connectivity index (χ4v) is 3.49. The van der Waals surface area contributed by atoms with Gasteiger partial charge in [-0.05, 0) is 19.1 Å². The summed E-state index contributed by atoms with van der Waals surface area (Å²) < 4.78 is 16.9. The normalized spacial score (nSPS) is 18.9. The Hall–Kier alpha value is -2.38. The lowest BCUT2D eigenvalue weighted by molar-refractivity contribution is -0.169. The van der Waals surface area contributed by atoms with Crippen molar-refractivity contribution in [2.75, 3.05) is 43.6 Å². The second kappa shape index (κ2) is 7.09. The Morgan fingerprint density at radius 1 is 1.12 bits per heavy atom. The number of hydrogen-bond acceptors (Lipinski definition) is 7. The van der Waals surface area contributed by atoms with Crippen molar-refractivity contribution in [1.82, 2.24) is 9.97 Å². The van der Waals surface area contributed by atoms with Crippen molar-refractivity contribution in [2.24, 2.45) is 0 Å². The van der Waals surface area contributed by atoms with Crippen LogP contribution >= 0.6 is 0 Å². The van der Waals surface area contributed by atoms with Crippen LogP contribution in [-0.2, 0) is 9.47 Å². The van der Waals surface area contributed by atoms with Gasteiger partial charge in [-0.1, -0.05) is 6.07 Å². The summed E-state index contributed by atoms with van der Waals surface area (Å²) >= 11 is 0. The molecule has 2 fully saturated rings. The lowest BCUT2D eigenvalue weighted by Gasteiger charge is -2.38. The lowest BCUT2D eigenvalue weighted by Crippen LogP contribution is -2.45. The average Bonchev–Trinajstić information content (AvgIpc) is 3.10. The number of ether oxygens (including phenoxy) is 3. The highest BCUT2D eigenvalue weighted by Gasteiger charge is 2.40. The Morgan fingerprint density at radius 2 is 1.88 bits per heavy atom. The van der Waals surface area contributed by atoms with Crippen molar-refractivity contribution < 1.29 is 14.2 Å². The number of benzene rings is 1. The molecule has 0 saturated carbocycles. The van der Waals surface area contributed by atoms with Crippen LogP contribution in [0.4, 0.5) is 17.3 Å². The number of aryl methyl sites for hydroxylation is 1. The van der Waals surface area contributed by atoms with Crippen molar-refractivity contribution in [2.45, 2.75) is 25.6 Å². The third-order valence-electron chi connectivity index (χ3n) is 4.83. The van der Waals surface area contributed by atoms with Gasteiger partial charge in [-0.3, -0.25) is 0 Å². The number of nitrogens with zero attached hydrogens (tertiary/aromatic N) is 3. The summed E-state index contributed by atoms with van der Waals surface area (Å²) in [7, 11) is 1.66. The van der Waals surface area contributed by atoms with Gasteiger partial charge in [-0.25, -0.2) is 9.97 Å². The van der Waals surface area contributed by atoms with E-state index < -0.39 is 0 Å². The van der Waals surface area contributed by atoms with Crippen molar-refractivity contribution in [3.63, 3.8) is 0 Å². The zero-order chi connectivity index (χ0) is 18.0. The summed E-state index contributed by atoms with van der Waals surface area (Å²) in [4.78, 5) is 11.4. The van der Waals surface area contributed by atoms with Gasteiger partial charge in [0.25, 0.3) is 0 Å². The minimum atomic E-state index is -0.375. The van der Waals surface area contributed by atoms with E-state index in [1.165, 1.54) is 0 Å². The zero-order valence-electron chi connectivity index (χ0n) is 15.2. The first-order valence-corrected chi connectivity index (χ1v) is 8.95. The van der Waals surface area contributed by atoms with Gasteiger partial charge in [0, 0.05) is 43.8 Å². The number of methoxy groups -OCH3 is 1. The number of aromatic nitrogens is 2. The monoisotopic (exact) mass is 356 g/mol. The average molecular weight is 356 g/mol. The molecule has 0 bridgehead atoms. The van der Waals surface area contributed by atoms with E-state index >= 15 is 0 Å². The summed E-state index contributed by atoms with van der Waals surface area (Å²) in [5.74, 6) is 2.87. The van der Waals surface area contributed by atoms with Gasteiger partial charge in [0.05, 0.1) is 20.3 Å². The maximum absolute atomic E-state index is 5.81. The molecule has 0 aliphatic carbocycles. The topological polar surface area (TPSA) is 68.7 Å². The van der Waals surface area contributed by atoms with Crippen LogP contribution in [-0.4, -0.2) is 49.2 Å². The van der Waals surface area contributed by atoms with Crippen LogP contribution in [0.5, 0.6) is 5.75 Å². The molecule has 0 amide bonds. The number of rotatable bonds is 4. The van der Waals surface area contributed by atoms with E-state index in [9.17, 15) is 0 Å². The van der Waals surface area contributed by atoms with E-state index in [1.54, 1.807) is 7.11 Å². The maximum atomic E-state index is 5.81. The summed E-state index contributed by atoms with van der Waals surface area (Å²) in [6.07, 6.45) is 1.71. The van der Waals surface area contributed by atoms with Crippen LogP contribution in [0.25, 0.3) is 0 Å². The van der Waals surface area contributed by atoms with Crippen LogP contribution in [0.2, 0.25) is 0 Å². The molecule has 1 aromatic heterocycles. The second-order valence-corrected chi connectivity index (χ2v) is 6.61. The molecular formula is C19H24N4O3. The number of nitrogens with one attached hydrogen (secondary N) is 1. The van der Waals surface area contributed by atoms with Crippen LogP contribution in [0.3, 0.4) is 0 Å². The Bertz CT molecular complexity index is 767. The number of piperidine rings is 1. The summed E-state index contributed by atoms with van der Waals surface area (Å²) in [6, 6.07) is 9.77. The van der Waals surface area contributed by atoms with Gasteiger partial charge in [-0.2, -0.15) is 0 Å². The van der Waals surface area contributed by atoms with E-state index in [-0.39, 0.29) is 5.79 Å². The molecule has 1 spiro atoms. The van der Waals surface area contributed by atoms with Crippen LogP contribution in [0.15, 0.2) is 30.3 Å². The van der Waals surface area contributed by atoms with Gasteiger partial charge >= 0.3 is 0 Å². The van der Waals surface area contributed by atoms with E-state index in [2.05, 4.69) is 20.2 Å². The van der Waals surface area contributed by atoms with Gasteiger partial charge in [-0.15, -0.1) is 0 Å². The first-order chi connectivity index (χ1) is 12.7. The van der Waals surface area contributed by atoms with Gasteiger partial charge in [0.15, 0.2) is 5.79 Å². The molecule has 138 valence electrons. The summed E-state index contributed by atoms with van der Waals surface area (Å²) in [5, 5.41) is 3.34. The molecule has 1 aromatic carbocycles. The van der Waals surface area contributed by atoms with Crippen molar-refractivity contribution >= 4 is 17.3 Å². The van der Waals surface area contributed by atoms with Gasteiger partial charge in [0.2, 0.25) is 0 Å². The van der Waals surface area contributed by atoms with Crippen molar-refractivity contribution in [3.8, 4) is 5.75 Å². The minimum absolute atomic E-state index is 0.375. The number of anilines is 3. The smallest absolute Gasteiger partial charge is 0.171 e. The molecule has 2 aromatic rings. The summed E-state index contributed by atoms with van der Waals surface area (Å²) in [6.45, 7) is 5.02.